The highest BCUT2D eigenvalue weighted by molar-refractivity contribution is 5.80. The number of hydrogen-bond acceptors (Lipinski definition) is 3. The quantitative estimate of drug-likeness (QED) is 0.912. The lowest BCUT2D eigenvalue weighted by atomic mass is 10.00. The fourth-order valence-electron chi connectivity index (χ4n) is 2.77. The lowest BCUT2D eigenvalue weighted by molar-refractivity contribution is -0.122. The average Bonchev–Trinajstić information content (AvgIpc) is 2.92. The molecule has 1 amide bonds. The first-order valence-electron chi connectivity index (χ1n) is 7.95. The van der Waals surface area contributed by atoms with Crippen molar-refractivity contribution >= 4 is 5.91 Å². The minimum absolute atomic E-state index is 0.137. The molecule has 0 saturated carbocycles. The molecule has 0 fully saturated rings. The molecule has 4 nitrogen and oxygen atoms in total. The van der Waals surface area contributed by atoms with Gasteiger partial charge in [0.05, 0.1) is 6.04 Å². The first-order chi connectivity index (χ1) is 11.0. The van der Waals surface area contributed by atoms with Gasteiger partial charge in [0, 0.05) is 13.0 Å². The van der Waals surface area contributed by atoms with E-state index in [1.807, 2.05) is 18.2 Å². The van der Waals surface area contributed by atoms with E-state index in [1.54, 1.807) is 6.92 Å². The number of nitrogens with one attached hydrogen (secondary N) is 1. The van der Waals surface area contributed by atoms with Crippen molar-refractivity contribution in [3.05, 3.63) is 53.6 Å². The van der Waals surface area contributed by atoms with Crippen molar-refractivity contribution in [1.82, 2.24) is 5.32 Å². The van der Waals surface area contributed by atoms with Crippen LogP contribution in [0.15, 0.2) is 42.5 Å². The summed E-state index contributed by atoms with van der Waals surface area (Å²) in [7, 11) is 0. The molecular formula is C19H22N2O2. The Hall–Kier alpha value is -2.33. The number of benzene rings is 2. The van der Waals surface area contributed by atoms with E-state index in [-0.39, 0.29) is 12.0 Å². The Morgan fingerprint density at radius 3 is 2.65 bits per heavy atom. The van der Waals surface area contributed by atoms with Crippen molar-refractivity contribution in [3.63, 3.8) is 0 Å². The summed E-state index contributed by atoms with van der Waals surface area (Å²) in [6.07, 6.45) is 1.22. The fraction of sp³-hybridized carbons (Fsp3) is 0.316. The Morgan fingerprint density at radius 2 is 1.96 bits per heavy atom. The van der Waals surface area contributed by atoms with Gasteiger partial charge in [0.15, 0.2) is 0 Å². The number of ether oxygens (including phenoxy) is 1. The zero-order valence-electron chi connectivity index (χ0n) is 13.5. The Kier molecular flexibility index (Phi) is 4.35. The van der Waals surface area contributed by atoms with Crippen LogP contribution >= 0.6 is 0 Å². The Balaban J connectivity index is 1.70. The average molecular weight is 310 g/mol. The molecule has 3 N–H and O–H groups in total. The molecule has 1 aliphatic rings. The van der Waals surface area contributed by atoms with Crippen molar-refractivity contribution in [1.29, 1.82) is 0 Å². The maximum Gasteiger partial charge on any atom is 0.236 e. The summed E-state index contributed by atoms with van der Waals surface area (Å²) in [4.78, 5) is 11.5. The van der Waals surface area contributed by atoms with E-state index in [4.69, 9.17) is 10.5 Å². The highest BCUT2D eigenvalue weighted by atomic mass is 16.5. The second kappa shape index (κ2) is 6.42. The SMILES string of the molecule is CC1Cc2cc(-c3ccc(CNC(=O)[C@@H](C)N)cc3)ccc2O1. The molecule has 1 aliphatic heterocycles. The van der Waals surface area contributed by atoms with E-state index in [9.17, 15) is 4.79 Å². The molecule has 0 aromatic heterocycles. The highest BCUT2D eigenvalue weighted by Crippen LogP contribution is 2.32. The van der Waals surface area contributed by atoms with E-state index in [0.717, 1.165) is 23.3 Å². The molecule has 0 radical (unpaired) electrons. The normalized spacial score (nSPS) is 17.3. The predicted molar refractivity (Wildman–Crippen MR) is 91.2 cm³/mol. The third-order valence-electron chi connectivity index (χ3n) is 4.06. The van der Waals surface area contributed by atoms with Crippen LogP contribution in [0, 0.1) is 0 Å². The van der Waals surface area contributed by atoms with Crippen molar-refractivity contribution in [2.45, 2.75) is 39.0 Å². The van der Waals surface area contributed by atoms with Crippen molar-refractivity contribution in [2.75, 3.05) is 0 Å². The van der Waals surface area contributed by atoms with Gasteiger partial charge in [-0.25, -0.2) is 0 Å². The minimum atomic E-state index is -0.481. The maximum absolute atomic E-state index is 11.5. The third kappa shape index (κ3) is 3.54. The van der Waals surface area contributed by atoms with Crippen LogP contribution in [0.2, 0.25) is 0 Å². The Bertz CT molecular complexity index is 708. The topological polar surface area (TPSA) is 64.4 Å². The summed E-state index contributed by atoms with van der Waals surface area (Å²) >= 11 is 0. The number of carbonyl (C=O) groups is 1. The number of fused-ring (bicyclic) bond motifs is 1. The molecule has 0 aliphatic carbocycles. The largest absolute Gasteiger partial charge is 0.490 e. The third-order valence-corrected chi connectivity index (χ3v) is 4.06. The number of hydrogen-bond donors (Lipinski definition) is 2. The zero-order valence-corrected chi connectivity index (χ0v) is 13.5. The van der Waals surface area contributed by atoms with E-state index in [0.29, 0.717) is 6.54 Å². The molecule has 1 unspecified atom stereocenters. The molecule has 1 heterocycles. The van der Waals surface area contributed by atoms with Crippen LogP contribution < -0.4 is 15.8 Å². The van der Waals surface area contributed by atoms with Gasteiger partial charge in [-0.05, 0) is 48.2 Å². The first kappa shape index (κ1) is 15.6. The summed E-state index contributed by atoms with van der Waals surface area (Å²) in [6.45, 7) is 4.26. The van der Waals surface area contributed by atoms with E-state index >= 15 is 0 Å². The molecule has 23 heavy (non-hydrogen) atoms. The summed E-state index contributed by atoms with van der Waals surface area (Å²) < 4.78 is 5.74. The van der Waals surface area contributed by atoms with Gasteiger partial charge in [0.1, 0.15) is 11.9 Å². The van der Waals surface area contributed by atoms with Gasteiger partial charge in [-0.1, -0.05) is 30.3 Å². The molecule has 0 spiro atoms. The van der Waals surface area contributed by atoms with Gasteiger partial charge in [0.25, 0.3) is 0 Å². The molecule has 3 rings (SSSR count). The summed E-state index contributed by atoms with van der Waals surface area (Å²) in [5.41, 5.74) is 10.2. The Morgan fingerprint density at radius 1 is 1.26 bits per heavy atom. The van der Waals surface area contributed by atoms with E-state index < -0.39 is 6.04 Å². The van der Waals surface area contributed by atoms with E-state index in [2.05, 4.69) is 36.5 Å². The van der Waals surface area contributed by atoms with Crippen LogP contribution in [0.1, 0.15) is 25.0 Å². The maximum atomic E-state index is 11.5. The summed E-state index contributed by atoms with van der Waals surface area (Å²) in [6, 6.07) is 14.1. The second-order valence-corrected chi connectivity index (χ2v) is 6.16. The molecule has 120 valence electrons. The highest BCUT2D eigenvalue weighted by Gasteiger charge is 2.19. The molecule has 0 saturated heterocycles. The van der Waals surface area contributed by atoms with E-state index in [1.165, 1.54) is 11.1 Å². The van der Waals surface area contributed by atoms with Gasteiger partial charge >= 0.3 is 0 Å². The molecule has 2 aromatic rings. The lowest BCUT2D eigenvalue weighted by Gasteiger charge is -2.09. The van der Waals surface area contributed by atoms with Crippen molar-refractivity contribution in [2.24, 2.45) is 5.73 Å². The number of rotatable bonds is 4. The van der Waals surface area contributed by atoms with Crippen LogP contribution in [0.25, 0.3) is 11.1 Å². The van der Waals surface area contributed by atoms with Crippen LogP contribution in [0.5, 0.6) is 5.75 Å². The van der Waals surface area contributed by atoms with Crippen molar-refractivity contribution in [3.8, 4) is 16.9 Å². The number of nitrogens with two attached hydrogens (primary N) is 1. The monoisotopic (exact) mass is 310 g/mol. The standard InChI is InChI=1S/C19H22N2O2/c1-12-9-17-10-16(7-8-18(17)23-12)15-5-3-14(4-6-15)11-21-19(22)13(2)20/h3-8,10,12-13H,9,11,20H2,1-2H3,(H,21,22)/t12?,13-/m1/s1. The molecule has 4 heteroatoms. The van der Waals surface area contributed by atoms with Crippen molar-refractivity contribution < 1.29 is 9.53 Å². The predicted octanol–water partition coefficient (Wildman–Crippen LogP) is 2.64. The molecule has 0 bridgehead atoms. The van der Waals surface area contributed by atoms with Crippen LogP contribution in [0.3, 0.4) is 0 Å². The van der Waals surface area contributed by atoms with Gasteiger partial charge < -0.3 is 15.8 Å². The molecule has 2 atom stereocenters. The molecular weight excluding hydrogens is 288 g/mol. The van der Waals surface area contributed by atoms with Gasteiger partial charge in [-0.2, -0.15) is 0 Å². The zero-order chi connectivity index (χ0) is 16.4. The van der Waals surface area contributed by atoms with Gasteiger partial charge in [0.2, 0.25) is 5.91 Å². The fourth-order valence-corrected chi connectivity index (χ4v) is 2.77. The number of carbonyl (C=O) groups excluding carboxylic acids is 1. The summed E-state index contributed by atoms with van der Waals surface area (Å²) in [5.74, 6) is 0.860. The molecule has 2 aromatic carbocycles. The van der Waals surface area contributed by atoms with Crippen LogP contribution in [-0.2, 0) is 17.8 Å². The van der Waals surface area contributed by atoms with Crippen LogP contribution in [-0.4, -0.2) is 18.1 Å². The van der Waals surface area contributed by atoms with Gasteiger partial charge in [-0.15, -0.1) is 0 Å². The minimum Gasteiger partial charge on any atom is -0.490 e. The number of amides is 1. The lowest BCUT2D eigenvalue weighted by Crippen LogP contribution is -2.37. The summed E-state index contributed by atoms with van der Waals surface area (Å²) in [5, 5.41) is 2.82. The first-order valence-corrected chi connectivity index (χ1v) is 7.95. The van der Waals surface area contributed by atoms with Gasteiger partial charge in [-0.3, -0.25) is 4.79 Å². The van der Waals surface area contributed by atoms with Crippen LogP contribution in [0.4, 0.5) is 0 Å². The smallest absolute Gasteiger partial charge is 0.236 e. The Labute approximate surface area is 136 Å². The second-order valence-electron chi connectivity index (χ2n) is 6.16.